The zero-order chi connectivity index (χ0) is 15.3. The fourth-order valence-corrected chi connectivity index (χ4v) is 0.887. The first-order valence-corrected chi connectivity index (χ1v) is 4.68. The van der Waals surface area contributed by atoms with Gasteiger partial charge < -0.3 is 15.2 Å². The van der Waals surface area contributed by atoms with E-state index < -0.39 is 49.9 Å². The van der Waals surface area contributed by atoms with Crippen molar-refractivity contribution in [2.75, 3.05) is 13.2 Å². The van der Waals surface area contributed by atoms with E-state index in [1.165, 1.54) is 0 Å². The molecule has 2 N–H and O–H groups in total. The maximum atomic E-state index is 11.8. The minimum absolute atomic E-state index is 0.729. The minimum atomic E-state index is -5.28. The molecule has 0 bridgehead atoms. The number of amides is 1. The van der Waals surface area contributed by atoms with Gasteiger partial charge in [-0.05, 0) is 0 Å². The standard InChI is InChI=1S/C8H9F6NO4/c9-7(10,11)3-19-2-1-4(5(16)17)15-6(18)8(12,13)14/h4H,1-3H2,(H,15,18)(H,16,17). The highest BCUT2D eigenvalue weighted by Gasteiger charge is 2.40. The van der Waals surface area contributed by atoms with Crippen molar-refractivity contribution >= 4 is 11.9 Å². The highest BCUT2D eigenvalue weighted by Crippen LogP contribution is 2.16. The van der Waals surface area contributed by atoms with E-state index in [0.29, 0.717) is 0 Å². The van der Waals surface area contributed by atoms with Crippen LogP contribution in [0, 0.1) is 0 Å². The molecule has 0 saturated carbocycles. The summed E-state index contributed by atoms with van der Waals surface area (Å²) in [5.41, 5.74) is 0. The van der Waals surface area contributed by atoms with Crippen molar-refractivity contribution in [2.24, 2.45) is 0 Å². The van der Waals surface area contributed by atoms with Crippen LogP contribution in [0.5, 0.6) is 0 Å². The molecule has 0 aliphatic carbocycles. The van der Waals surface area contributed by atoms with Crippen molar-refractivity contribution in [3.05, 3.63) is 0 Å². The number of ether oxygens (including phenoxy) is 1. The Labute approximate surface area is 102 Å². The van der Waals surface area contributed by atoms with Crippen molar-refractivity contribution in [3.63, 3.8) is 0 Å². The number of halogens is 6. The second-order valence-electron chi connectivity index (χ2n) is 3.32. The summed E-state index contributed by atoms with van der Waals surface area (Å²) in [4.78, 5) is 20.9. The van der Waals surface area contributed by atoms with Gasteiger partial charge in [-0.1, -0.05) is 0 Å². The SMILES string of the molecule is O=C(O)C(CCOCC(F)(F)F)NC(=O)C(F)(F)F. The van der Waals surface area contributed by atoms with Crippen molar-refractivity contribution in [3.8, 4) is 0 Å². The third-order valence-electron chi connectivity index (χ3n) is 1.68. The Hall–Kier alpha value is -1.52. The molecule has 0 aromatic heterocycles. The van der Waals surface area contributed by atoms with E-state index in [4.69, 9.17) is 5.11 Å². The van der Waals surface area contributed by atoms with Crippen LogP contribution in [0.1, 0.15) is 6.42 Å². The van der Waals surface area contributed by atoms with E-state index >= 15 is 0 Å². The number of hydrogen-bond donors (Lipinski definition) is 2. The van der Waals surface area contributed by atoms with E-state index in [9.17, 15) is 35.9 Å². The molecule has 0 aromatic carbocycles. The lowest BCUT2D eigenvalue weighted by atomic mass is 10.2. The molecular weight excluding hydrogens is 288 g/mol. The molecule has 0 spiro atoms. The normalized spacial score (nSPS) is 14.0. The van der Waals surface area contributed by atoms with Crippen LogP contribution >= 0.6 is 0 Å². The van der Waals surface area contributed by atoms with E-state index in [1.54, 1.807) is 0 Å². The molecule has 0 heterocycles. The number of carbonyl (C=O) groups is 2. The van der Waals surface area contributed by atoms with Crippen LogP contribution < -0.4 is 5.32 Å². The lowest BCUT2D eigenvalue weighted by molar-refractivity contribution is -0.178. The summed E-state index contributed by atoms with van der Waals surface area (Å²) in [5.74, 6) is -4.30. The summed E-state index contributed by atoms with van der Waals surface area (Å²) < 4.78 is 74.5. The first-order chi connectivity index (χ1) is 8.43. The highest BCUT2D eigenvalue weighted by molar-refractivity contribution is 5.86. The number of alkyl halides is 6. The van der Waals surface area contributed by atoms with Gasteiger partial charge in [-0.2, -0.15) is 26.3 Å². The van der Waals surface area contributed by atoms with Gasteiger partial charge in [0.05, 0.1) is 0 Å². The Kier molecular flexibility index (Phi) is 6.06. The second-order valence-corrected chi connectivity index (χ2v) is 3.32. The van der Waals surface area contributed by atoms with Crippen LogP contribution in [0.25, 0.3) is 0 Å². The van der Waals surface area contributed by atoms with Gasteiger partial charge in [-0.25, -0.2) is 4.79 Å². The largest absolute Gasteiger partial charge is 0.480 e. The molecule has 11 heteroatoms. The number of carbonyl (C=O) groups excluding carboxylic acids is 1. The number of carboxylic acid groups (broad SMARTS) is 1. The van der Waals surface area contributed by atoms with Gasteiger partial charge in [0.15, 0.2) is 0 Å². The van der Waals surface area contributed by atoms with Gasteiger partial charge >= 0.3 is 24.2 Å². The van der Waals surface area contributed by atoms with E-state index in [1.807, 2.05) is 0 Å². The van der Waals surface area contributed by atoms with Crippen molar-refractivity contribution in [1.82, 2.24) is 5.32 Å². The fraction of sp³-hybridized carbons (Fsp3) is 0.750. The van der Waals surface area contributed by atoms with Gasteiger partial charge in [0.25, 0.3) is 0 Å². The lowest BCUT2D eigenvalue weighted by Gasteiger charge is -2.16. The van der Waals surface area contributed by atoms with Crippen LogP contribution in [0.15, 0.2) is 0 Å². The van der Waals surface area contributed by atoms with Gasteiger partial charge in [0.1, 0.15) is 12.6 Å². The summed E-state index contributed by atoms with van der Waals surface area (Å²) in [7, 11) is 0. The van der Waals surface area contributed by atoms with Gasteiger partial charge in [0.2, 0.25) is 0 Å². The third-order valence-corrected chi connectivity index (χ3v) is 1.68. The summed E-state index contributed by atoms with van der Waals surface area (Å²) in [6.45, 7) is -2.43. The molecule has 1 amide bonds. The zero-order valence-corrected chi connectivity index (χ0v) is 9.14. The molecule has 0 aliphatic rings. The molecule has 5 nitrogen and oxygen atoms in total. The average Bonchev–Trinajstić information content (AvgIpc) is 2.18. The maximum Gasteiger partial charge on any atom is 0.471 e. The molecule has 1 atom stereocenters. The molecule has 1 unspecified atom stereocenters. The quantitative estimate of drug-likeness (QED) is 0.568. The molecule has 19 heavy (non-hydrogen) atoms. The predicted molar refractivity (Wildman–Crippen MR) is 47.1 cm³/mol. The van der Waals surface area contributed by atoms with Gasteiger partial charge in [-0.3, -0.25) is 4.79 Å². The Morgan fingerprint density at radius 1 is 1.16 bits per heavy atom. The molecule has 0 fully saturated rings. The van der Waals surface area contributed by atoms with Crippen LogP contribution in [0.3, 0.4) is 0 Å². The Balaban J connectivity index is 4.22. The summed E-state index contributed by atoms with van der Waals surface area (Å²) >= 11 is 0. The molecule has 0 radical (unpaired) electrons. The van der Waals surface area contributed by atoms with Crippen molar-refractivity contribution < 1.29 is 45.8 Å². The van der Waals surface area contributed by atoms with E-state index in [-0.39, 0.29) is 0 Å². The number of nitrogens with one attached hydrogen (secondary N) is 1. The summed E-state index contributed by atoms with van der Waals surface area (Å²) in [6.07, 6.45) is -10.6. The first kappa shape index (κ1) is 17.5. The molecule has 0 aromatic rings. The van der Waals surface area contributed by atoms with Crippen molar-refractivity contribution in [1.29, 1.82) is 0 Å². The second kappa shape index (κ2) is 6.59. The summed E-state index contributed by atoms with van der Waals surface area (Å²) in [5, 5.41) is 9.62. The number of rotatable bonds is 6. The van der Waals surface area contributed by atoms with Crippen molar-refractivity contribution in [2.45, 2.75) is 24.8 Å². The van der Waals surface area contributed by atoms with E-state index in [0.717, 1.165) is 5.32 Å². The molecule has 0 rings (SSSR count). The van der Waals surface area contributed by atoms with Crippen LogP contribution in [0.4, 0.5) is 26.3 Å². The maximum absolute atomic E-state index is 11.8. The monoisotopic (exact) mass is 297 g/mol. The van der Waals surface area contributed by atoms with Gasteiger partial charge in [0, 0.05) is 13.0 Å². The molecule has 0 aliphatic heterocycles. The number of carboxylic acids is 1. The Bertz CT molecular complexity index is 326. The van der Waals surface area contributed by atoms with Crippen LogP contribution in [-0.4, -0.2) is 48.6 Å². The number of hydrogen-bond acceptors (Lipinski definition) is 3. The topological polar surface area (TPSA) is 75.6 Å². The first-order valence-electron chi connectivity index (χ1n) is 4.68. The smallest absolute Gasteiger partial charge is 0.471 e. The summed E-state index contributed by atoms with van der Waals surface area (Å²) in [6, 6.07) is -1.98. The van der Waals surface area contributed by atoms with Crippen LogP contribution in [0.2, 0.25) is 0 Å². The Morgan fingerprint density at radius 3 is 2.05 bits per heavy atom. The van der Waals surface area contributed by atoms with Crippen LogP contribution in [-0.2, 0) is 14.3 Å². The average molecular weight is 297 g/mol. The minimum Gasteiger partial charge on any atom is -0.480 e. The Morgan fingerprint density at radius 2 is 1.68 bits per heavy atom. The molecule has 112 valence electrons. The zero-order valence-electron chi connectivity index (χ0n) is 9.14. The molecular formula is C8H9F6NO4. The third kappa shape index (κ3) is 8.24. The lowest BCUT2D eigenvalue weighted by Crippen LogP contribution is -2.47. The highest BCUT2D eigenvalue weighted by atomic mass is 19.4. The predicted octanol–water partition coefficient (Wildman–Crippen LogP) is 1.09. The fourth-order valence-electron chi connectivity index (χ4n) is 0.887. The number of aliphatic carboxylic acids is 1. The molecule has 0 saturated heterocycles. The van der Waals surface area contributed by atoms with E-state index in [2.05, 4.69) is 4.74 Å². The van der Waals surface area contributed by atoms with Gasteiger partial charge in [-0.15, -0.1) is 0 Å².